The highest BCUT2D eigenvalue weighted by Crippen LogP contribution is 2.35. The molecular weight excluding hydrogens is 406 g/mol. The van der Waals surface area contributed by atoms with Gasteiger partial charge in [-0.05, 0) is 42.7 Å². The number of benzene rings is 2. The van der Waals surface area contributed by atoms with Gasteiger partial charge in [0.05, 0.1) is 23.3 Å². The number of hydrogen-bond acceptors (Lipinski definition) is 5. The average Bonchev–Trinajstić information content (AvgIpc) is 3.26. The monoisotopic (exact) mass is 431 g/mol. The molecule has 2 aliphatic rings. The number of fused-ring (bicyclic) bond motifs is 2. The van der Waals surface area contributed by atoms with E-state index in [0.717, 1.165) is 46.4 Å². The summed E-state index contributed by atoms with van der Waals surface area (Å²) in [7, 11) is 0. The van der Waals surface area contributed by atoms with E-state index in [9.17, 15) is 9.59 Å². The van der Waals surface area contributed by atoms with Crippen LogP contribution in [0, 0.1) is 0 Å². The number of carbonyl (C=O) groups excluding carboxylic acids is 2. The van der Waals surface area contributed by atoms with Gasteiger partial charge in [0, 0.05) is 31.3 Å². The van der Waals surface area contributed by atoms with Crippen molar-refractivity contribution in [1.82, 2.24) is 9.88 Å². The van der Waals surface area contributed by atoms with Gasteiger partial charge in [-0.1, -0.05) is 24.3 Å². The van der Waals surface area contributed by atoms with Crippen LogP contribution in [0.25, 0.3) is 10.9 Å². The number of nitrogens with one attached hydrogen (secondary N) is 1. The number of amides is 2. The molecule has 164 valence electrons. The normalized spacial score (nSPS) is 15.7. The van der Waals surface area contributed by atoms with Crippen molar-refractivity contribution in [2.75, 3.05) is 25.2 Å². The Morgan fingerprint density at radius 3 is 2.66 bits per heavy atom. The van der Waals surface area contributed by atoms with E-state index in [-0.39, 0.29) is 24.5 Å². The van der Waals surface area contributed by atoms with Gasteiger partial charge in [0.15, 0.2) is 11.5 Å². The molecule has 7 heteroatoms. The van der Waals surface area contributed by atoms with Gasteiger partial charge in [-0.25, -0.2) is 0 Å². The predicted molar refractivity (Wildman–Crippen MR) is 121 cm³/mol. The Morgan fingerprint density at radius 2 is 1.84 bits per heavy atom. The molecule has 1 fully saturated rings. The van der Waals surface area contributed by atoms with E-state index in [1.807, 2.05) is 53.4 Å². The molecule has 1 saturated heterocycles. The van der Waals surface area contributed by atoms with Crippen molar-refractivity contribution in [3.8, 4) is 11.5 Å². The van der Waals surface area contributed by atoms with Crippen molar-refractivity contribution in [3.63, 3.8) is 0 Å². The Hall–Kier alpha value is -3.61. The van der Waals surface area contributed by atoms with Crippen LogP contribution < -0.4 is 14.8 Å². The maximum Gasteiger partial charge on any atom is 0.231 e. The zero-order valence-corrected chi connectivity index (χ0v) is 18.0. The second-order valence-corrected chi connectivity index (χ2v) is 8.31. The Labute approximate surface area is 186 Å². The molecule has 2 aliphatic heterocycles. The van der Waals surface area contributed by atoms with Gasteiger partial charge in [-0.3, -0.25) is 14.6 Å². The van der Waals surface area contributed by atoms with Crippen molar-refractivity contribution in [3.05, 3.63) is 59.8 Å². The van der Waals surface area contributed by atoms with Crippen molar-refractivity contribution < 1.29 is 19.1 Å². The number of piperidine rings is 1. The summed E-state index contributed by atoms with van der Waals surface area (Å²) in [5, 5.41) is 3.94. The van der Waals surface area contributed by atoms with E-state index >= 15 is 0 Å². The molecule has 0 atom stereocenters. The topological polar surface area (TPSA) is 80.8 Å². The Bertz CT molecular complexity index is 1190. The van der Waals surface area contributed by atoms with Crippen LogP contribution in [-0.2, 0) is 16.0 Å². The highest BCUT2D eigenvalue weighted by molar-refractivity contribution is 5.93. The lowest BCUT2D eigenvalue weighted by atomic mass is 9.91. The molecule has 32 heavy (non-hydrogen) atoms. The second kappa shape index (κ2) is 8.49. The number of aromatic nitrogens is 1. The minimum absolute atomic E-state index is 0.107. The van der Waals surface area contributed by atoms with Crippen LogP contribution in [0.5, 0.6) is 11.5 Å². The zero-order chi connectivity index (χ0) is 22.1. The Kier molecular flexibility index (Phi) is 5.39. The summed E-state index contributed by atoms with van der Waals surface area (Å²) in [6.45, 7) is 3.07. The zero-order valence-electron chi connectivity index (χ0n) is 18.0. The third-order valence-electron chi connectivity index (χ3n) is 6.09. The van der Waals surface area contributed by atoms with Crippen molar-refractivity contribution in [2.24, 2.45) is 0 Å². The summed E-state index contributed by atoms with van der Waals surface area (Å²) in [4.78, 5) is 31.4. The fourth-order valence-electron chi connectivity index (χ4n) is 4.47. The van der Waals surface area contributed by atoms with Crippen LogP contribution in [0.1, 0.15) is 36.9 Å². The lowest BCUT2D eigenvalue weighted by Crippen LogP contribution is -2.39. The van der Waals surface area contributed by atoms with E-state index in [0.29, 0.717) is 25.3 Å². The minimum Gasteiger partial charge on any atom is -0.454 e. The molecule has 0 aliphatic carbocycles. The SMILES string of the molecule is CC(=O)Nc1cc2ccccc2nc1C1CCN(C(=O)Cc2ccc3c(c2)OCO3)CC1. The molecule has 2 aromatic carbocycles. The predicted octanol–water partition coefficient (Wildman–Crippen LogP) is 3.87. The molecule has 0 unspecified atom stereocenters. The van der Waals surface area contributed by atoms with Gasteiger partial charge in [0.1, 0.15) is 0 Å². The molecule has 3 aromatic rings. The molecular formula is C25H25N3O4. The Balaban J connectivity index is 1.28. The Morgan fingerprint density at radius 1 is 1.06 bits per heavy atom. The van der Waals surface area contributed by atoms with Gasteiger partial charge in [-0.2, -0.15) is 0 Å². The lowest BCUT2D eigenvalue weighted by Gasteiger charge is -2.32. The molecule has 0 bridgehead atoms. The molecule has 5 rings (SSSR count). The number of rotatable bonds is 4. The smallest absolute Gasteiger partial charge is 0.231 e. The van der Waals surface area contributed by atoms with E-state index < -0.39 is 0 Å². The summed E-state index contributed by atoms with van der Waals surface area (Å²) >= 11 is 0. The van der Waals surface area contributed by atoms with Gasteiger partial charge >= 0.3 is 0 Å². The average molecular weight is 431 g/mol. The number of para-hydroxylation sites is 1. The highest BCUT2D eigenvalue weighted by Gasteiger charge is 2.27. The number of anilines is 1. The third-order valence-corrected chi connectivity index (χ3v) is 6.09. The molecule has 1 N–H and O–H groups in total. The maximum atomic E-state index is 12.9. The second-order valence-electron chi connectivity index (χ2n) is 8.31. The quantitative estimate of drug-likeness (QED) is 0.678. The highest BCUT2D eigenvalue weighted by atomic mass is 16.7. The van der Waals surface area contributed by atoms with Gasteiger partial charge in [0.2, 0.25) is 18.6 Å². The first-order valence-electron chi connectivity index (χ1n) is 10.9. The summed E-state index contributed by atoms with van der Waals surface area (Å²) in [6, 6.07) is 15.6. The summed E-state index contributed by atoms with van der Waals surface area (Å²) < 4.78 is 10.8. The van der Waals surface area contributed by atoms with Crippen molar-refractivity contribution in [2.45, 2.75) is 32.1 Å². The molecule has 2 amide bonds. The fraction of sp³-hybridized carbons (Fsp3) is 0.320. The standard InChI is InChI=1S/C25H25N3O4/c1-16(29)26-21-14-19-4-2-3-5-20(19)27-25(21)18-8-10-28(11-9-18)24(30)13-17-6-7-22-23(12-17)32-15-31-22/h2-7,12,14,18H,8-11,13,15H2,1H3,(H,26,29). The molecule has 7 nitrogen and oxygen atoms in total. The number of likely N-dealkylation sites (tertiary alicyclic amines) is 1. The van der Waals surface area contributed by atoms with Crippen LogP contribution in [0.4, 0.5) is 5.69 Å². The van der Waals surface area contributed by atoms with Gasteiger partial charge in [0.25, 0.3) is 0 Å². The maximum absolute atomic E-state index is 12.9. The molecule has 0 saturated carbocycles. The van der Waals surface area contributed by atoms with E-state index in [2.05, 4.69) is 5.32 Å². The number of pyridine rings is 1. The van der Waals surface area contributed by atoms with Crippen LogP contribution in [0.3, 0.4) is 0 Å². The van der Waals surface area contributed by atoms with Crippen LogP contribution in [0.15, 0.2) is 48.5 Å². The van der Waals surface area contributed by atoms with Gasteiger partial charge in [-0.15, -0.1) is 0 Å². The molecule has 0 spiro atoms. The van der Waals surface area contributed by atoms with Crippen molar-refractivity contribution >= 4 is 28.4 Å². The summed E-state index contributed by atoms with van der Waals surface area (Å²) in [6.07, 6.45) is 1.96. The van der Waals surface area contributed by atoms with Gasteiger partial charge < -0.3 is 19.7 Å². The lowest BCUT2D eigenvalue weighted by molar-refractivity contribution is -0.131. The number of ether oxygens (including phenoxy) is 2. The summed E-state index contributed by atoms with van der Waals surface area (Å²) in [5.74, 6) is 1.60. The number of carbonyl (C=O) groups is 2. The number of nitrogens with zero attached hydrogens (tertiary/aromatic N) is 2. The molecule has 3 heterocycles. The fourth-order valence-corrected chi connectivity index (χ4v) is 4.47. The van der Waals surface area contributed by atoms with Crippen molar-refractivity contribution in [1.29, 1.82) is 0 Å². The summed E-state index contributed by atoms with van der Waals surface area (Å²) in [5.41, 5.74) is 3.51. The minimum atomic E-state index is -0.111. The first-order chi connectivity index (χ1) is 15.6. The largest absolute Gasteiger partial charge is 0.454 e. The number of hydrogen-bond donors (Lipinski definition) is 1. The van der Waals surface area contributed by atoms with E-state index in [1.54, 1.807) is 0 Å². The first-order valence-corrected chi connectivity index (χ1v) is 10.9. The molecule has 1 aromatic heterocycles. The first kappa shape index (κ1) is 20.3. The van der Waals surface area contributed by atoms with E-state index in [1.165, 1.54) is 6.92 Å². The third kappa shape index (κ3) is 4.10. The van der Waals surface area contributed by atoms with E-state index in [4.69, 9.17) is 14.5 Å². The van der Waals surface area contributed by atoms with Crippen LogP contribution >= 0.6 is 0 Å². The van der Waals surface area contributed by atoms with Crippen LogP contribution in [0.2, 0.25) is 0 Å². The van der Waals surface area contributed by atoms with Crippen LogP contribution in [-0.4, -0.2) is 41.6 Å². The molecule has 0 radical (unpaired) electrons.